The van der Waals surface area contributed by atoms with E-state index in [2.05, 4.69) is 0 Å². The van der Waals surface area contributed by atoms with Gasteiger partial charge in [0.05, 0.1) is 18.2 Å². The van der Waals surface area contributed by atoms with E-state index in [4.69, 9.17) is 9.47 Å². The smallest absolute Gasteiger partial charge is 0.268 e. The molecule has 0 spiro atoms. The fraction of sp³-hybridized carbons (Fsp3) is 0.400. The number of benzene rings is 1. The van der Waals surface area contributed by atoms with Crippen LogP contribution in [-0.2, 0) is 11.8 Å². The van der Waals surface area contributed by atoms with Crippen LogP contribution in [0.25, 0.3) is 12.2 Å². The zero-order valence-electron chi connectivity index (χ0n) is 16.1. The second kappa shape index (κ2) is 7.91. The molecule has 26 heavy (non-hydrogen) atoms. The first-order chi connectivity index (χ1) is 12.2. The summed E-state index contributed by atoms with van der Waals surface area (Å²) >= 11 is 1.30. The molecule has 1 aromatic heterocycles. The predicted octanol–water partition coefficient (Wildman–Crippen LogP) is 2.08. The van der Waals surface area contributed by atoms with Gasteiger partial charge in [-0.25, -0.2) is 0 Å². The van der Waals surface area contributed by atoms with Gasteiger partial charge in [-0.1, -0.05) is 26.8 Å². The van der Waals surface area contributed by atoms with E-state index in [0.717, 1.165) is 5.56 Å². The number of nitrogens with zero attached hydrogens (tertiary/aromatic N) is 1. The number of ether oxygens (including phenoxy) is 2. The number of thiazole rings is 1. The van der Waals surface area contributed by atoms with Crippen LogP contribution in [0.2, 0.25) is 0 Å². The van der Waals surface area contributed by atoms with Crippen LogP contribution < -0.4 is 24.2 Å². The summed E-state index contributed by atoms with van der Waals surface area (Å²) in [4.78, 5) is 24.8. The van der Waals surface area contributed by atoms with Gasteiger partial charge in [0.2, 0.25) is 0 Å². The molecule has 0 N–H and O–H groups in total. The Hall–Kier alpha value is -2.34. The fourth-order valence-electron chi connectivity index (χ4n) is 2.24. The maximum atomic E-state index is 12.5. The Bertz CT molecular complexity index is 977. The van der Waals surface area contributed by atoms with Crippen LogP contribution >= 0.6 is 11.3 Å². The van der Waals surface area contributed by atoms with E-state index in [1.165, 1.54) is 15.9 Å². The molecule has 1 heterocycles. The highest BCUT2D eigenvalue weighted by molar-refractivity contribution is 7.07. The van der Waals surface area contributed by atoms with Crippen LogP contribution in [-0.4, -0.2) is 24.1 Å². The van der Waals surface area contributed by atoms with Crippen molar-refractivity contribution in [3.05, 3.63) is 43.3 Å². The van der Waals surface area contributed by atoms with E-state index in [0.29, 0.717) is 27.3 Å². The SMILES string of the molecule is CCOc1cc(/C=c2/s/c(=C/C(=O)C(C)(C)C)n(C)c2=O)ccc1OC. The fourth-order valence-corrected chi connectivity index (χ4v) is 3.27. The number of hydrogen-bond acceptors (Lipinski definition) is 5. The van der Waals surface area contributed by atoms with Crippen molar-refractivity contribution in [2.24, 2.45) is 12.5 Å². The maximum absolute atomic E-state index is 12.5. The minimum absolute atomic E-state index is 0.0102. The van der Waals surface area contributed by atoms with Crippen molar-refractivity contribution >= 4 is 29.3 Å². The number of hydrogen-bond donors (Lipinski definition) is 0. The van der Waals surface area contributed by atoms with Gasteiger partial charge in [0.25, 0.3) is 5.56 Å². The summed E-state index contributed by atoms with van der Waals surface area (Å²) in [5.74, 6) is 1.27. The third kappa shape index (κ3) is 4.43. The third-order valence-electron chi connectivity index (χ3n) is 3.84. The molecule has 0 atom stereocenters. The molecular weight excluding hydrogens is 350 g/mol. The van der Waals surface area contributed by atoms with Gasteiger partial charge >= 0.3 is 0 Å². The molecule has 2 rings (SSSR count). The zero-order valence-corrected chi connectivity index (χ0v) is 16.9. The first-order valence-corrected chi connectivity index (χ1v) is 9.23. The summed E-state index contributed by atoms with van der Waals surface area (Å²) in [6, 6.07) is 5.51. The van der Waals surface area contributed by atoms with E-state index in [1.807, 2.05) is 45.9 Å². The lowest BCUT2D eigenvalue weighted by atomic mass is 9.91. The van der Waals surface area contributed by atoms with Gasteiger partial charge in [0.1, 0.15) is 4.66 Å². The van der Waals surface area contributed by atoms with E-state index in [1.54, 1.807) is 26.3 Å². The average molecular weight is 375 g/mol. The summed E-state index contributed by atoms with van der Waals surface area (Å²) in [5.41, 5.74) is 0.227. The van der Waals surface area contributed by atoms with Crippen LogP contribution in [0.4, 0.5) is 0 Å². The number of Topliss-reactive ketones (excluding diaryl/α,β-unsaturated/α-hetero) is 1. The van der Waals surface area contributed by atoms with Gasteiger partial charge < -0.3 is 14.0 Å². The summed E-state index contributed by atoms with van der Waals surface area (Å²) in [6.45, 7) is 8.00. The molecule has 0 aliphatic heterocycles. The topological polar surface area (TPSA) is 57.5 Å². The number of carbonyl (C=O) groups is 1. The molecule has 0 bridgehead atoms. The molecule has 140 valence electrons. The van der Waals surface area contributed by atoms with E-state index in [9.17, 15) is 9.59 Å². The van der Waals surface area contributed by atoms with Crippen LogP contribution in [0.15, 0.2) is 23.0 Å². The van der Waals surface area contributed by atoms with Crippen molar-refractivity contribution < 1.29 is 14.3 Å². The number of aromatic nitrogens is 1. The molecule has 0 unspecified atom stereocenters. The Balaban J connectivity index is 2.55. The van der Waals surface area contributed by atoms with E-state index < -0.39 is 5.41 Å². The monoisotopic (exact) mass is 375 g/mol. The van der Waals surface area contributed by atoms with Gasteiger partial charge in [-0.3, -0.25) is 9.59 Å². The zero-order chi connectivity index (χ0) is 19.5. The van der Waals surface area contributed by atoms with Gasteiger partial charge in [-0.05, 0) is 30.7 Å². The third-order valence-corrected chi connectivity index (χ3v) is 4.95. The standard InChI is InChI=1S/C20H25NO4S/c1-7-25-15-10-13(8-9-14(15)24-6)11-16-19(23)21(5)18(26-16)12-17(22)20(2,3)4/h8-12H,7H2,1-6H3/b16-11+,18-12+. The van der Waals surface area contributed by atoms with Gasteiger partial charge in [0, 0.05) is 18.5 Å². The van der Waals surface area contributed by atoms with Crippen molar-refractivity contribution in [3.8, 4) is 11.5 Å². The normalized spacial score (nSPS) is 13.2. The number of methoxy groups -OCH3 is 1. The Kier molecular flexibility index (Phi) is 6.08. The lowest BCUT2D eigenvalue weighted by Gasteiger charge is -2.12. The lowest BCUT2D eigenvalue weighted by Crippen LogP contribution is -2.30. The molecule has 0 aliphatic rings. The highest BCUT2D eigenvalue weighted by Crippen LogP contribution is 2.28. The minimum atomic E-state index is -0.480. The maximum Gasteiger partial charge on any atom is 0.268 e. The quantitative estimate of drug-likeness (QED) is 0.803. The highest BCUT2D eigenvalue weighted by atomic mass is 32.1. The van der Waals surface area contributed by atoms with Crippen molar-refractivity contribution in [2.75, 3.05) is 13.7 Å². The molecule has 0 aliphatic carbocycles. The van der Waals surface area contributed by atoms with Crippen molar-refractivity contribution in [2.45, 2.75) is 27.7 Å². The van der Waals surface area contributed by atoms with Crippen LogP contribution in [0, 0.1) is 5.41 Å². The summed E-state index contributed by atoms with van der Waals surface area (Å²) in [5, 5.41) is 0. The van der Waals surface area contributed by atoms with Crippen molar-refractivity contribution in [1.82, 2.24) is 4.57 Å². The Morgan fingerprint density at radius 2 is 1.96 bits per heavy atom. The summed E-state index contributed by atoms with van der Waals surface area (Å²) < 4.78 is 13.6. The summed E-state index contributed by atoms with van der Waals surface area (Å²) in [7, 11) is 3.27. The minimum Gasteiger partial charge on any atom is -0.493 e. The largest absolute Gasteiger partial charge is 0.493 e. The molecule has 0 amide bonds. The molecule has 2 aromatic rings. The Morgan fingerprint density at radius 3 is 2.54 bits per heavy atom. The first kappa shape index (κ1) is 20.0. The van der Waals surface area contributed by atoms with Crippen LogP contribution in [0.5, 0.6) is 11.5 Å². The van der Waals surface area contributed by atoms with E-state index >= 15 is 0 Å². The molecule has 0 fully saturated rings. The predicted molar refractivity (Wildman–Crippen MR) is 105 cm³/mol. The number of rotatable bonds is 5. The molecule has 5 nitrogen and oxygen atoms in total. The average Bonchev–Trinajstić information content (AvgIpc) is 2.83. The molecular formula is C20H25NO4S. The molecule has 1 aromatic carbocycles. The number of ketones is 1. The highest BCUT2D eigenvalue weighted by Gasteiger charge is 2.19. The van der Waals surface area contributed by atoms with Gasteiger partial charge in [0.15, 0.2) is 17.3 Å². The number of carbonyl (C=O) groups excluding carboxylic acids is 1. The van der Waals surface area contributed by atoms with Gasteiger partial charge in [-0.15, -0.1) is 11.3 Å². The molecule has 0 radical (unpaired) electrons. The second-order valence-corrected chi connectivity index (χ2v) is 7.98. The molecule has 0 saturated heterocycles. The Labute approximate surface area is 157 Å². The summed E-state index contributed by atoms with van der Waals surface area (Å²) in [6.07, 6.45) is 3.34. The molecule has 6 heteroatoms. The van der Waals surface area contributed by atoms with Gasteiger partial charge in [-0.2, -0.15) is 0 Å². The first-order valence-electron chi connectivity index (χ1n) is 8.42. The lowest BCUT2D eigenvalue weighted by molar-refractivity contribution is -0.120. The second-order valence-electron chi connectivity index (χ2n) is 6.91. The Morgan fingerprint density at radius 1 is 1.27 bits per heavy atom. The van der Waals surface area contributed by atoms with E-state index in [-0.39, 0.29) is 11.3 Å². The van der Waals surface area contributed by atoms with Crippen molar-refractivity contribution in [3.63, 3.8) is 0 Å². The van der Waals surface area contributed by atoms with Crippen LogP contribution in [0.3, 0.4) is 0 Å². The molecule has 0 saturated carbocycles. The van der Waals surface area contributed by atoms with Crippen LogP contribution in [0.1, 0.15) is 33.3 Å². The van der Waals surface area contributed by atoms with Crippen molar-refractivity contribution in [1.29, 1.82) is 0 Å².